The van der Waals surface area contributed by atoms with Crippen molar-refractivity contribution in [3.05, 3.63) is 11.7 Å². The number of carboxylic acid groups (broad SMARTS) is 1. The normalized spacial score (nSPS) is 10.7. The highest BCUT2D eigenvalue weighted by atomic mass is 16.5. The van der Waals surface area contributed by atoms with Crippen molar-refractivity contribution in [1.29, 1.82) is 0 Å². The third kappa shape index (κ3) is 6.28. The first kappa shape index (κ1) is 14.6. The Hall–Kier alpha value is -1.51. The highest BCUT2D eigenvalue weighted by molar-refractivity contribution is 5.67. The summed E-state index contributed by atoms with van der Waals surface area (Å²) < 4.78 is 19.7. The summed E-state index contributed by atoms with van der Waals surface area (Å²) in [5, 5.41) is 12.1. The molecule has 102 valence electrons. The minimum absolute atomic E-state index is 0.0101. The molecule has 0 spiro atoms. The molecule has 1 heterocycles. The Morgan fingerprint density at radius 2 is 2.17 bits per heavy atom. The summed E-state index contributed by atoms with van der Waals surface area (Å²) in [5.74, 6) is -0.286. The van der Waals surface area contributed by atoms with E-state index in [1.165, 1.54) is 0 Å². The van der Waals surface area contributed by atoms with Gasteiger partial charge < -0.3 is 23.8 Å². The zero-order valence-electron chi connectivity index (χ0n) is 10.1. The molecule has 0 aliphatic rings. The minimum atomic E-state index is -1.04. The predicted octanol–water partition coefficient (Wildman–Crippen LogP) is -0.124. The fraction of sp³-hybridized carbons (Fsp3) is 0.700. The van der Waals surface area contributed by atoms with Gasteiger partial charge in [0.25, 0.3) is 5.89 Å². The second kappa shape index (κ2) is 8.56. The summed E-state index contributed by atoms with van der Waals surface area (Å²) in [4.78, 5) is 14.2. The van der Waals surface area contributed by atoms with Gasteiger partial charge in [-0.05, 0) is 0 Å². The monoisotopic (exact) mass is 260 g/mol. The lowest BCUT2D eigenvalue weighted by Crippen LogP contribution is -2.07. The van der Waals surface area contributed by atoms with Gasteiger partial charge in [0.1, 0.15) is 13.2 Å². The van der Waals surface area contributed by atoms with Crippen molar-refractivity contribution in [3.63, 3.8) is 0 Å². The topological polar surface area (TPSA) is 104 Å². The predicted molar refractivity (Wildman–Crippen MR) is 58.0 cm³/mol. The molecule has 1 rings (SSSR count). The van der Waals surface area contributed by atoms with Gasteiger partial charge in [-0.1, -0.05) is 5.16 Å². The molecule has 1 aromatic heterocycles. The van der Waals surface area contributed by atoms with Gasteiger partial charge in [0.2, 0.25) is 0 Å². The van der Waals surface area contributed by atoms with Gasteiger partial charge in [-0.2, -0.15) is 4.98 Å². The van der Waals surface area contributed by atoms with Crippen LogP contribution in [0.2, 0.25) is 0 Å². The molecule has 18 heavy (non-hydrogen) atoms. The Bertz CT molecular complexity index is 354. The average molecular weight is 260 g/mol. The van der Waals surface area contributed by atoms with E-state index in [1.807, 2.05) is 0 Å². The van der Waals surface area contributed by atoms with Crippen LogP contribution in [0.3, 0.4) is 0 Å². The maximum atomic E-state index is 10.2. The van der Waals surface area contributed by atoms with E-state index in [1.54, 1.807) is 7.11 Å². The average Bonchev–Trinajstić information content (AvgIpc) is 2.76. The Morgan fingerprint density at radius 3 is 2.89 bits per heavy atom. The van der Waals surface area contributed by atoms with E-state index in [4.69, 9.17) is 23.8 Å². The number of carboxylic acids is 1. The smallest absolute Gasteiger partial charge is 0.329 e. The van der Waals surface area contributed by atoms with Crippen LogP contribution in [0.15, 0.2) is 4.52 Å². The highest BCUT2D eigenvalue weighted by Gasteiger charge is 2.07. The van der Waals surface area contributed by atoms with E-state index < -0.39 is 12.6 Å². The molecular formula is C10H16N2O6. The van der Waals surface area contributed by atoms with Crippen molar-refractivity contribution < 1.29 is 28.6 Å². The Labute approximate surface area is 104 Å². The standard InChI is InChI=1S/C10H16N2O6/c1-15-4-5-16-3-2-8-11-9(18-12-8)6-17-7-10(13)14/h2-7H2,1H3,(H,13,14). The van der Waals surface area contributed by atoms with Gasteiger partial charge in [-0.3, -0.25) is 0 Å². The van der Waals surface area contributed by atoms with Gasteiger partial charge in [0.15, 0.2) is 5.82 Å². The first-order chi connectivity index (χ1) is 8.72. The van der Waals surface area contributed by atoms with Crippen molar-refractivity contribution in [2.24, 2.45) is 0 Å². The number of nitrogens with zero attached hydrogens (tertiary/aromatic N) is 2. The Morgan fingerprint density at radius 1 is 1.33 bits per heavy atom. The van der Waals surface area contributed by atoms with Crippen molar-refractivity contribution >= 4 is 5.97 Å². The quantitative estimate of drug-likeness (QED) is 0.580. The molecule has 0 amide bonds. The number of hydrogen-bond acceptors (Lipinski definition) is 7. The first-order valence-electron chi connectivity index (χ1n) is 5.40. The van der Waals surface area contributed by atoms with Crippen molar-refractivity contribution in [2.45, 2.75) is 13.0 Å². The summed E-state index contributed by atoms with van der Waals surface area (Å²) in [7, 11) is 1.60. The minimum Gasteiger partial charge on any atom is -0.480 e. The number of methoxy groups -OCH3 is 1. The van der Waals surface area contributed by atoms with Crippen LogP contribution in [-0.4, -0.2) is 54.8 Å². The molecular weight excluding hydrogens is 244 g/mol. The number of ether oxygens (including phenoxy) is 3. The van der Waals surface area contributed by atoms with Crippen molar-refractivity contribution in [3.8, 4) is 0 Å². The second-order valence-electron chi connectivity index (χ2n) is 3.35. The highest BCUT2D eigenvalue weighted by Crippen LogP contribution is 2.00. The summed E-state index contributed by atoms with van der Waals surface area (Å²) in [6.45, 7) is 1.13. The molecule has 0 aliphatic heterocycles. The lowest BCUT2D eigenvalue weighted by Gasteiger charge is -2.00. The second-order valence-corrected chi connectivity index (χ2v) is 3.35. The molecule has 8 heteroatoms. The molecule has 0 atom stereocenters. The zero-order valence-corrected chi connectivity index (χ0v) is 10.1. The van der Waals surface area contributed by atoms with E-state index in [0.717, 1.165) is 0 Å². The molecule has 1 N–H and O–H groups in total. The molecule has 0 radical (unpaired) electrons. The Balaban J connectivity index is 2.15. The molecule has 0 saturated heterocycles. The maximum Gasteiger partial charge on any atom is 0.329 e. The van der Waals surface area contributed by atoms with E-state index >= 15 is 0 Å². The van der Waals surface area contributed by atoms with E-state index in [2.05, 4.69) is 10.1 Å². The van der Waals surface area contributed by atoms with Gasteiger partial charge in [0.05, 0.1) is 19.8 Å². The molecule has 0 fully saturated rings. The molecule has 0 aromatic carbocycles. The summed E-state index contributed by atoms with van der Waals surface area (Å²) in [6, 6.07) is 0. The van der Waals surface area contributed by atoms with Gasteiger partial charge in [-0.25, -0.2) is 4.79 Å². The fourth-order valence-electron chi connectivity index (χ4n) is 1.08. The summed E-state index contributed by atoms with van der Waals surface area (Å²) >= 11 is 0. The largest absolute Gasteiger partial charge is 0.480 e. The van der Waals surface area contributed by atoms with Crippen LogP contribution >= 0.6 is 0 Å². The van der Waals surface area contributed by atoms with Crippen LogP contribution < -0.4 is 0 Å². The van der Waals surface area contributed by atoms with E-state index in [0.29, 0.717) is 32.1 Å². The first-order valence-corrected chi connectivity index (χ1v) is 5.40. The maximum absolute atomic E-state index is 10.2. The van der Waals surface area contributed by atoms with Crippen LogP contribution in [0.5, 0.6) is 0 Å². The van der Waals surface area contributed by atoms with Crippen LogP contribution in [0.25, 0.3) is 0 Å². The number of carbonyl (C=O) groups is 1. The molecule has 1 aromatic rings. The lowest BCUT2D eigenvalue weighted by atomic mass is 10.4. The molecule has 0 saturated carbocycles. The van der Waals surface area contributed by atoms with Gasteiger partial charge in [-0.15, -0.1) is 0 Å². The Kier molecular flexibility index (Phi) is 6.92. The SMILES string of the molecule is COCCOCCc1noc(COCC(=O)O)n1. The lowest BCUT2D eigenvalue weighted by molar-refractivity contribution is -0.142. The fourth-order valence-corrected chi connectivity index (χ4v) is 1.08. The van der Waals surface area contributed by atoms with Crippen molar-refractivity contribution in [1.82, 2.24) is 10.1 Å². The van der Waals surface area contributed by atoms with Crippen LogP contribution in [0.1, 0.15) is 11.7 Å². The van der Waals surface area contributed by atoms with Crippen LogP contribution in [0, 0.1) is 0 Å². The zero-order chi connectivity index (χ0) is 13.2. The van der Waals surface area contributed by atoms with Crippen LogP contribution in [-0.2, 0) is 32.0 Å². The molecule has 0 unspecified atom stereocenters. The number of aliphatic carboxylic acids is 1. The molecule has 8 nitrogen and oxygen atoms in total. The van der Waals surface area contributed by atoms with E-state index in [9.17, 15) is 4.79 Å². The van der Waals surface area contributed by atoms with Crippen molar-refractivity contribution in [2.75, 3.05) is 33.5 Å². The molecule has 0 aliphatic carbocycles. The van der Waals surface area contributed by atoms with Gasteiger partial charge >= 0.3 is 5.97 Å². The molecule has 0 bridgehead atoms. The third-order valence-electron chi connectivity index (χ3n) is 1.86. The summed E-state index contributed by atoms with van der Waals surface area (Å²) in [5.41, 5.74) is 0. The van der Waals surface area contributed by atoms with E-state index in [-0.39, 0.29) is 12.5 Å². The number of hydrogen-bond donors (Lipinski definition) is 1. The summed E-state index contributed by atoms with van der Waals surface area (Å²) in [6.07, 6.45) is 0.520. The van der Waals surface area contributed by atoms with Gasteiger partial charge in [0, 0.05) is 13.5 Å². The number of aromatic nitrogens is 2. The van der Waals surface area contributed by atoms with Crippen LogP contribution in [0.4, 0.5) is 0 Å². The third-order valence-corrected chi connectivity index (χ3v) is 1.86. The number of rotatable bonds is 10.